The molecule has 0 bridgehead atoms. The molecule has 0 aliphatic carbocycles. The molecule has 0 saturated carbocycles. The molecule has 2 aliphatic heterocycles. The number of nitrogens with zero attached hydrogens (tertiary/aromatic N) is 1. The lowest BCUT2D eigenvalue weighted by molar-refractivity contribution is 0.407. The maximum Gasteiger partial charge on any atom is 0.240 e. The smallest absolute Gasteiger partial charge is 0.240 e. The van der Waals surface area contributed by atoms with Crippen molar-refractivity contribution in [1.29, 1.82) is 0 Å². The number of aryl methyl sites for hydroxylation is 1. The molecule has 0 aromatic heterocycles. The highest BCUT2D eigenvalue weighted by molar-refractivity contribution is 7.89. The van der Waals surface area contributed by atoms with Crippen molar-refractivity contribution in [3.63, 3.8) is 0 Å². The third kappa shape index (κ3) is 2.82. The molecule has 2 N–H and O–H groups in total. The van der Waals surface area contributed by atoms with Gasteiger partial charge in [0.2, 0.25) is 10.0 Å². The summed E-state index contributed by atoms with van der Waals surface area (Å²) < 4.78 is 27.7. The van der Waals surface area contributed by atoms with Crippen molar-refractivity contribution in [3.8, 4) is 0 Å². The molecule has 0 spiro atoms. The fourth-order valence-electron chi connectivity index (χ4n) is 2.93. The normalized spacial score (nSPS) is 23.4. The van der Waals surface area contributed by atoms with Crippen LogP contribution in [-0.4, -0.2) is 46.0 Å². The summed E-state index contributed by atoms with van der Waals surface area (Å²) in [4.78, 5) is 2.50. The molecule has 0 radical (unpaired) electrons. The van der Waals surface area contributed by atoms with Crippen molar-refractivity contribution in [1.82, 2.24) is 9.62 Å². The van der Waals surface area contributed by atoms with Crippen LogP contribution in [0.3, 0.4) is 0 Å². The van der Waals surface area contributed by atoms with E-state index in [1.807, 2.05) is 13.1 Å². The molecule has 6 heteroatoms. The van der Waals surface area contributed by atoms with Gasteiger partial charge in [0, 0.05) is 24.8 Å². The number of likely N-dealkylation sites (tertiary alicyclic amines) is 1. The molecule has 110 valence electrons. The Balaban J connectivity index is 1.80. The maximum absolute atomic E-state index is 12.4. The van der Waals surface area contributed by atoms with E-state index >= 15 is 0 Å². The lowest BCUT2D eigenvalue weighted by Crippen LogP contribution is -2.36. The van der Waals surface area contributed by atoms with Crippen molar-refractivity contribution in [2.75, 3.05) is 32.0 Å². The summed E-state index contributed by atoms with van der Waals surface area (Å²) in [6.45, 7) is 2.64. The highest BCUT2D eigenvalue weighted by atomic mass is 32.2. The Morgan fingerprint density at radius 1 is 1.40 bits per heavy atom. The van der Waals surface area contributed by atoms with Gasteiger partial charge in [-0.15, -0.1) is 0 Å². The molecule has 1 aromatic rings. The van der Waals surface area contributed by atoms with Crippen LogP contribution in [0.2, 0.25) is 0 Å². The summed E-state index contributed by atoms with van der Waals surface area (Å²) in [5, 5.41) is 3.28. The van der Waals surface area contributed by atoms with Crippen LogP contribution in [-0.2, 0) is 16.4 Å². The third-order valence-corrected chi connectivity index (χ3v) is 5.56. The second-order valence-corrected chi connectivity index (χ2v) is 7.43. The van der Waals surface area contributed by atoms with Crippen LogP contribution in [0, 0.1) is 0 Å². The molecule has 0 amide bonds. The molecule has 2 aliphatic rings. The second kappa shape index (κ2) is 5.35. The minimum atomic E-state index is -3.42. The highest BCUT2D eigenvalue weighted by Gasteiger charge is 2.26. The van der Waals surface area contributed by atoms with Crippen LogP contribution in [0.5, 0.6) is 0 Å². The average molecular weight is 295 g/mol. The van der Waals surface area contributed by atoms with Gasteiger partial charge in [-0.3, -0.25) is 0 Å². The molecule has 2 heterocycles. The molecule has 5 nitrogen and oxygen atoms in total. The summed E-state index contributed by atoms with van der Waals surface area (Å²) >= 11 is 0. The first-order valence-electron chi connectivity index (χ1n) is 7.12. The predicted molar refractivity (Wildman–Crippen MR) is 79.5 cm³/mol. The number of rotatable bonds is 3. The molecule has 1 fully saturated rings. The van der Waals surface area contributed by atoms with E-state index in [-0.39, 0.29) is 6.04 Å². The minimum Gasteiger partial charge on any atom is -0.385 e. The number of hydrogen-bond donors (Lipinski definition) is 2. The van der Waals surface area contributed by atoms with E-state index in [1.54, 1.807) is 12.1 Å². The fraction of sp³-hybridized carbons (Fsp3) is 0.571. The van der Waals surface area contributed by atoms with Crippen LogP contribution in [0.1, 0.15) is 18.4 Å². The van der Waals surface area contributed by atoms with Gasteiger partial charge in [0.15, 0.2) is 0 Å². The standard InChI is InChI=1S/C14H21N3O2S/c1-17-8-6-12(10-17)16-20(18,19)13-5-4-11-3-2-7-15-14(11)9-13/h4-5,9,12,15-16H,2-3,6-8,10H2,1H3. The number of benzene rings is 1. The SMILES string of the molecule is CN1CCC(NS(=O)(=O)c2ccc3c(c2)NCCC3)C1. The summed E-state index contributed by atoms with van der Waals surface area (Å²) in [6.07, 6.45) is 2.99. The molecule has 1 saturated heterocycles. The van der Waals surface area contributed by atoms with E-state index in [0.29, 0.717) is 4.90 Å². The molecule has 3 rings (SSSR count). The quantitative estimate of drug-likeness (QED) is 0.874. The van der Waals surface area contributed by atoms with Crippen LogP contribution >= 0.6 is 0 Å². The molecule has 1 atom stereocenters. The van der Waals surface area contributed by atoms with Crippen molar-refractivity contribution < 1.29 is 8.42 Å². The molecule has 1 aromatic carbocycles. The Labute approximate surface area is 120 Å². The van der Waals surface area contributed by atoms with Gasteiger partial charge in [-0.05, 0) is 50.6 Å². The van der Waals surface area contributed by atoms with E-state index in [1.165, 1.54) is 5.56 Å². The molecule has 20 heavy (non-hydrogen) atoms. The summed E-state index contributed by atoms with van der Waals surface area (Å²) in [5.41, 5.74) is 2.17. The van der Waals surface area contributed by atoms with Crippen molar-refractivity contribution >= 4 is 15.7 Å². The zero-order valence-corrected chi connectivity index (χ0v) is 12.5. The Bertz CT molecular complexity index is 600. The summed E-state index contributed by atoms with van der Waals surface area (Å²) in [5.74, 6) is 0. The first-order chi connectivity index (χ1) is 9.54. The number of fused-ring (bicyclic) bond motifs is 1. The number of nitrogens with one attached hydrogen (secondary N) is 2. The monoisotopic (exact) mass is 295 g/mol. The fourth-order valence-corrected chi connectivity index (χ4v) is 4.21. The first kappa shape index (κ1) is 13.9. The Morgan fingerprint density at radius 2 is 2.25 bits per heavy atom. The summed E-state index contributed by atoms with van der Waals surface area (Å²) in [7, 11) is -1.41. The van der Waals surface area contributed by atoms with Crippen LogP contribution in [0.4, 0.5) is 5.69 Å². The van der Waals surface area contributed by atoms with Crippen molar-refractivity contribution in [2.24, 2.45) is 0 Å². The van der Waals surface area contributed by atoms with Gasteiger partial charge in [-0.25, -0.2) is 13.1 Å². The lowest BCUT2D eigenvalue weighted by Gasteiger charge is -2.19. The van der Waals surface area contributed by atoms with Gasteiger partial charge in [-0.2, -0.15) is 0 Å². The number of anilines is 1. The number of sulfonamides is 1. The van der Waals surface area contributed by atoms with Crippen LogP contribution in [0.15, 0.2) is 23.1 Å². The number of likely N-dealkylation sites (N-methyl/N-ethyl adjacent to an activating group) is 1. The second-order valence-electron chi connectivity index (χ2n) is 5.72. The Hall–Kier alpha value is -1.11. The van der Waals surface area contributed by atoms with Gasteiger partial charge in [0.25, 0.3) is 0 Å². The van der Waals surface area contributed by atoms with Crippen molar-refractivity contribution in [2.45, 2.75) is 30.2 Å². The van der Waals surface area contributed by atoms with E-state index in [2.05, 4.69) is 14.9 Å². The van der Waals surface area contributed by atoms with Gasteiger partial charge in [-0.1, -0.05) is 6.07 Å². The van der Waals surface area contributed by atoms with Crippen LogP contribution in [0.25, 0.3) is 0 Å². The van der Waals surface area contributed by atoms with Gasteiger partial charge in [0.1, 0.15) is 0 Å². The largest absolute Gasteiger partial charge is 0.385 e. The lowest BCUT2D eigenvalue weighted by atomic mass is 10.0. The Morgan fingerprint density at radius 3 is 3.00 bits per heavy atom. The minimum absolute atomic E-state index is 0.0222. The maximum atomic E-state index is 12.4. The topological polar surface area (TPSA) is 61.4 Å². The van der Waals surface area contributed by atoms with Crippen molar-refractivity contribution in [3.05, 3.63) is 23.8 Å². The molecular weight excluding hydrogens is 274 g/mol. The third-order valence-electron chi connectivity index (χ3n) is 4.04. The van der Waals surface area contributed by atoms with E-state index in [9.17, 15) is 8.42 Å². The summed E-state index contributed by atoms with van der Waals surface area (Å²) in [6, 6.07) is 5.42. The van der Waals surface area contributed by atoms with Gasteiger partial charge < -0.3 is 10.2 Å². The first-order valence-corrected chi connectivity index (χ1v) is 8.60. The molecule has 1 unspecified atom stereocenters. The van der Waals surface area contributed by atoms with E-state index in [4.69, 9.17) is 0 Å². The molecular formula is C14H21N3O2S. The van der Waals surface area contributed by atoms with Crippen LogP contribution < -0.4 is 10.0 Å². The van der Waals surface area contributed by atoms with Gasteiger partial charge >= 0.3 is 0 Å². The zero-order valence-electron chi connectivity index (χ0n) is 11.7. The van der Waals surface area contributed by atoms with Gasteiger partial charge in [0.05, 0.1) is 4.90 Å². The Kier molecular flexibility index (Phi) is 3.70. The highest BCUT2D eigenvalue weighted by Crippen LogP contribution is 2.25. The predicted octanol–water partition coefficient (Wildman–Crippen LogP) is 1.03. The zero-order chi connectivity index (χ0) is 14.2. The van der Waals surface area contributed by atoms with E-state index in [0.717, 1.165) is 44.6 Å². The number of hydrogen-bond acceptors (Lipinski definition) is 4. The van der Waals surface area contributed by atoms with E-state index < -0.39 is 10.0 Å². The average Bonchev–Trinajstić information content (AvgIpc) is 2.83.